The molecule has 14 heteroatoms. The van der Waals surface area contributed by atoms with Gasteiger partial charge in [-0.3, -0.25) is 0 Å². The molecule has 2 aromatic carbocycles. The average molecular weight is 623 g/mol. The third kappa shape index (κ3) is 9.35. The molecule has 0 bridgehead atoms. The summed E-state index contributed by atoms with van der Waals surface area (Å²) in [5.74, 6) is 1.11. The summed E-state index contributed by atoms with van der Waals surface area (Å²) >= 11 is 1.50. The van der Waals surface area contributed by atoms with Crippen LogP contribution in [-0.2, 0) is 19.9 Å². The fourth-order valence-electron chi connectivity index (χ4n) is 4.55. The largest absolute Gasteiger partial charge is 0.501 e. The number of primary sulfonamides is 1. The lowest BCUT2D eigenvalue weighted by Crippen LogP contribution is -2.38. The number of hydrogen-bond acceptors (Lipinski definition) is 8. The van der Waals surface area contributed by atoms with E-state index in [9.17, 15) is 30.0 Å². The summed E-state index contributed by atoms with van der Waals surface area (Å²) < 4.78 is 89.1. The number of alkyl halides is 3. The Morgan fingerprint density at radius 2 is 1.73 bits per heavy atom. The molecule has 3 rings (SSSR count). The fourth-order valence-corrected chi connectivity index (χ4v) is 7.11. The molecule has 40 heavy (non-hydrogen) atoms. The quantitative estimate of drug-likeness (QED) is 0.319. The van der Waals surface area contributed by atoms with Crippen molar-refractivity contribution in [3.63, 3.8) is 0 Å². The van der Waals surface area contributed by atoms with Crippen molar-refractivity contribution in [2.24, 2.45) is 11.1 Å². The number of sulfonamides is 1. The zero-order valence-corrected chi connectivity index (χ0v) is 25.1. The molecule has 1 unspecified atom stereocenters. The van der Waals surface area contributed by atoms with Crippen LogP contribution in [0.3, 0.4) is 0 Å². The standard InChI is InChI=1S/C26H37F3N4O4S3/c1-32(2)14-10-20-11-15-33(16-12-20)17-13-21(19-38-22-6-4-3-5-7-22)31-24-9-8-23(40(30,36)37)18-25(24)39(34,35)26(27,28)29/h3-9,18,20-21,31H,10-17,19H2,1-2H3,(H2,30,36,37). The molecular weight excluding hydrogens is 586 g/mol. The molecular formula is C26H37F3N4O4S3. The second-order valence-corrected chi connectivity index (χ2v) is 14.8. The molecule has 1 saturated heterocycles. The van der Waals surface area contributed by atoms with Crippen LogP contribution in [0.2, 0.25) is 0 Å². The summed E-state index contributed by atoms with van der Waals surface area (Å²) in [7, 11) is -6.17. The Hall–Kier alpha value is -1.84. The number of nitrogens with zero attached hydrogens (tertiary/aromatic N) is 2. The number of rotatable bonds is 13. The van der Waals surface area contributed by atoms with Crippen molar-refractivity contribution in [3.05, 3.63) is 48.5 Å². The SMILES string of the molecule is CN(C)CCC1CCN(CCC(CSc2ccccc2)Nc2ccc(S(N)(=O)=O)cc2S(=O)(=O)C(F)(F)F)CC1. The van der Waals surface area contributed by atoms with Crippen LogP contribution in [0.1, 0.15) is 25.7 Å². The maximum absolute atomic E-state index is 13.5. The average Bonchev–Trinajstić information content (AvgIpc) is 2.89. The third-order valence-electron chi connectivity index (χ3n) is 6.92. The summed E-state index contributed by atoms with van der Waals surface area (Å²) in [4.78, 5) is 3.58. The second kappa shape index (κ2) is 13.9. The van der Waals surface area contributed by atoms with E-state index in [1.165, 1.54) is 11.8 Å². The molecule has 0 spiro atoms. The van der Waals surface area contributed by atoms with Crippen LogP contribution in [0.5, 0.6) is 0 Å². The summed E-state index contributed by atoms with van der Waals surface area (Å²) in [5, 5.41) is 8.07. The minimum atomic E-state index is -5.86. The number of thioether (sulfide) groups is 1. The topological polar surface area (TPSA) is 113 Å². The predicted octanol–water partition coefficient (Wildman–Crippen LogP) is 4.25. The van der Waals surface area contributed by atoms with Crippen molar-refractivity contribution in [1.82, 2.24) is 9.80 Å². The van der Waals surface area contributed by atoms with Crippen molar-refractivity contribution in [3.8, 4) is 0 Å². The van der Waals surface area contributed by atoms with Crippen molar-refractivity contribution >= 4 is 37.3 Å². The molecule has 1 heterocycles. The number of halogens is 3. The highest BCUT2D eigenvalue weighted by atomic mass is 32.2. The van der Waals surface area contributed by atoms with Gasteiger partial charge in [0.15, 0.2) is 0 Å². The summed E-state index contributed by atoms with van der Waals surface area (Å²) in [6.07, 6.45) is 3.84. The molecule has 0 radical (unpaired) electrons. The lowest BCUT2D eigenvalue weighted by Gasteiger charge is -2.33. The number of likely N-dealkylation sites (tertiary alicyclic amines) is 1. The lowest BCUT2D eigenvalue weighted by atomic mass is 9.93. The Kier molecular flexibility index (Phi) is 11.3. The molecule has 0 saturated carbocycles. The summed E-state index contributed by atoms with van der Waals surface area (Å²) in [6.45, 7) is 3.58. The predicted molar refractivity (Wildman–Crippen MR) is 153 cm³/mol. The number of sulfone groups is 1. The monoisotopic (exact) mass is 622 g/mol. The molecule has 224 valence electrons. The van der Waals surface area contributed by atoms with Crippen molar-refractivity contribution < 1.29 is 30.0 Å². The highest BCUT2D eigenvalue weighted by molar-refractivity contribution is 7.99. The Balaban J connectivity index is 1.80. The maximum atomic E-state index is 13.5. The Bertz CT molecular complexity index is 1320. The zero-order chi connectivity index (χ0) is 29.6. The summed E-state index contributed by atoms with van der Waals surface area (Å²) in [5.41, 5.74) is -5.93. The Morgan fingerprint density at radius 1 is 1.07 bits per heavy atom. The molecule has 0 amide bonds. The Morgan fingerprint density at radius 3 is 2.30 bits per heavy atom. The van der Waals surface area contributed by atoms with Crippen molar-refractivity contribution in [1.29, 1.82) is 0 Å². The number of anilines is 1. The lowest BCUT2D eigenvalue weighted by molar-refractivity contribution is -0.0435. The van der Waals surface area contributed by atoms with Crippen LogP contribution in [0, 0.1) is 5.92 Å². The smallest absolute Gasteiger partial charge is 0.380 e. The maximum Gasteiger partial charge on any atom is 0.501 e. The highest BCUT2D eigenvalue weighted by Crippen LogP contribution is 2.36. The second-order valence-electron chi connectivity index (χ2n) is 10.3. The number of hydrogen-bond donors (Lipinski definition) is 2. The van der Waals surface area contributed by atoms with Crippen LogP contribution in [-0.4, -0.2) is 84.2 Å². The third-order valence-corrected chi connectivity index (χ3v) is 10.5. The number of piperidine rings is 1. The molecule has 8 nitrogen and oxygen atoms in total. The van der Waals surface area contributed by atoms with Gasteiger partial charge in [0.2, 0.25) is 10.0 Å². The van der Waals surface area contributed by atoms with Crippen molar-refractivity contribution in [2.45, 2.75) is 51.9 Å². The van der Waals surface area contributed by atoms with Gasteiger partial charge in [-0.25, -0.2) is 22.0 Å². The summed E-state index contributed by atoms with van der Waals surface area (Å²) in [6, 6.07) is 11.6. The molecule has 1 aliphatic rings. The molecule has 2 aromatic rings. The zero-order valence-electron chi connectivity index (χ0n) is 22.6. The molecule has 1 fully saturated rings. The van der Waals surface area contributed by atoms with Crippen LogP contribution in [0.15, 0.2) is 63.2 Å². The van der Waals surface area contributed by atoms with E-state index >= 15 is 0 Å². The molecule has 3 N–H and O–H groups in total. The van der Waals surface area contributed by atoms with E-state index in [0.717, 1.165) is 55.9 Å². The van der Waals surface area contributed by atoms with Crippen molar-refractivity contribution in [2.75, 3.05) is 51.3 Å². The van der Waals surface area contributed by atoms with Gasteiger partial charge < -0.3 is 15.1 Å². The van der Waals surface area contributed by atoms with E-state index in [0.29, 0.717) is 30.7 Å². The highest BCUT2D eigenvalue weighted by Gasteiger charge is 2.48. The van der Waals surface area contributed by atoms with E-state index in [-0.39, 0.29) is 5.69 Å². The Labute approximate surface area is 239 Å². The first-order valence-electron chi connectivity index (χ1n) is 13.0. The van der Waals surface area contributed by atoms with Gasteiger partial charge in [-0.1, -0.05) is 18.2 Å². The van der Waals surface area contributed by atoms with Crippen LogP contribution in [0.25, 0.3) is 0 Å². The first-order valence-corrected chi connectivity index (χ1v) is 17.0. The van der Waals surface area contributed by atoms with Gasteiger partial charge >= 0.3 is 5.51 Å². The first kappa shape index (κ1) is 32.7. The number of nitrogens with two attached hydrogens (primary N) is 1. The molecule has 1 aliphatic heterocycles. The van der Waals surface area contributed by atoms with E-state index in [4.69, 9.17) is 5.14 Å². The normalized spacial score (nSPS) is 16.8. The molecule has 0 aromatic heterocycles. The number of nitrogens with one attached hydrogen (secondary N) is 1. The number of benzene rings is 2. The van der Waals surface area contributed by atoms with Gasteiger partial charge in [0, 0.05) is 23.2 Å². The van der Waals surface area contributed by atoms with Crippen LogP contribution < -0.4 is 10.5 Å². The van der Waals surface area contributed by atoms with Gasteiger partial charge in [0.05, 0.1) is 10.6 Å². The van der Waals surface area contributed by atoms with Gasteiger partial charge in [-0.2, -0.15) is 13.2 Å². The minimum Gasteiger partial charge on any atom is -0.380 e. The van der Waals surface area contributed by atoms with Crippen LogP contribution >= 0.6 is 11.8 Å². The van der Waals surface area contributed by atoms with Gasteiger partial charge in [-0.15, -0.1) is 11.8 Å². The van der Waals surface area contributed by atoms with Crippen LogP contribution in [0.4, 0.5) is 18.9 Å². The molecule has 0 aliphatic carbocycles. The van der Waals surface area contributed by atoms with E-state index < -0.39 is 41.2 Å². The van der Waals surface area contributed by atoms with Gasteiger partial charge in [0.1, 0.15) is 4.90 Å². The minimum absolute atomic E-state index is 0.314. The van der Waals surface area contributed by atoms with Gasteiger partial charge in [-0.05, 0) is 95.7 Å². The van der Waals surface area contributed by atoms with E-state index in [2.05, 4.69) is 29.2 Å². The first-order chi connectivity index (χ1) is 18.7. The van der Waals surface area contributed by atoms with Gasteiger partial charge in [0.25, 0.3) is 9.84 Å². The van der Waals surface area contributed by atoms with E-state index in [1.807, 2.05) is 30.3 Å². The van der Waals surface area contributed by atoms with E-state index in [1.54, 1.807) is 0 Å². The molecule has 1 atom stereocenters. The fraction of sp³-hybridized carbons (Fsp3) is 0.538.